The lowest BCUT2D eigenvalue weighted by molar-refractivity contribution is -0.0907. The maximum atomic E-state index is 14.1. The third kappa shape index (κ3) is 7.12. The van der Waals surface area contributed by atoms with Crippen LogP contribution in [0.4, 0.5) is 4.79 Å². The third-order valence-corrected chi connectivity index (χ3v) is 7.81. The van der Waals surface area contributed by atoms with Gasteiger partial charge < -0.3 is 24.6 Å². The molecule has 2 aromatic rings. The minimum absolute atomic E-state index is 0.101. The van der Waals surface area contributed by atoms with E-state index in [1.807, 2.05) is 0 Å². The van der Waals surface area contributed by atoms with Gasteiger partial charge in [0.05, 0.1) is 40.2 Å². The second kappa shape index (κ2) is 12.6. The van der Waals surface area contributed by atoms with Crippen molar-refractivity contribution in [1.29, 1.82) is 0 Å². The zero-order valence-electron chi connectivity index (χ0n) is 32.6. The van der Waals surface area contributed by atoms with Crippen molar-refractivity contribution in [3.8, 4) is 0 Å². The standard InChI is InChI=1S/C28H38N2O7S/c1-19(2)16-30(38(33,34)22-11-9-20(3)10-12-22)17-25(31)24(15-21-7-5-4-6-8-21)29-28(32)37-26-18-36-27-23(26)13-14-35-27/h4-12,19,23-27,31H,13-18H2,1-3H3,(H,29,32)/t23-,24-,25+,26-,27+/m0/s1/i1D3,2D3,16D2,18D2,19D,26D. The first kappa shape index (κ1) is 16.6. The fourth-order valence-electron chi connectivity index (χ4n) is 4.12. The smallest absolute Gasteiger partial charge is 0.407 e. The molecular weight excluding hydrogens is 508 g/mol. The molecule has 5 atom stereocenters. The molecule has 0 unspecified atom stereocenters. The number of hydrogen-bond acceptors (Lipinski definition) is 7. The van der Waals surface area contributed by atoms with Gasteiger partial charge in [-0.2, -0.15) is 4.31 Å². The van der Waals surface area contributed by atoms with Crippen LogP contribution in [0.5, 0.6) is 0 Å². The molecule has 2 heterocycles. The molecule has 9 nitrogen and oxygen atoms in total. The van der Waals surface area contributed by atoms with Crippen molar-refractivity contribution in [2.45, 2.75) is 62.9 Å². The van der Waals surface area contributed by atoms with E-state index in [0.717, 1.165) is 12.1 Å². The molecule has 4 rings (SSSR count). The lowest BCUT2D eigenvalue weighted by Crippen LogP contribution is -2.51. The van der Waals surface area contributed by atoms with Crippen LogP contribution in [-0.2, 0) is 30.7 Å². The van der Waals surface area contributed by atoms with Gasteiger partial charge in [-0.3, -0.25) is 0 Å². The lowest BCUT2D eigenvalue weighted by Gasteiger charge is -2.31. The fraction of sp³-hybridized carbons (Fsp3) is 0.536. The quantitative estimate of drug-likeness (QED) is 0.436. The van der Waals surface area contributed by atoms with E-state index in [1.165, 1.54) is 12.1 Å². The number of carbonyl (C=O) groups excluding carboxylic acids is 1. The number of carbonyl (C=O) groups is 1. The lowest BCUT2D eigenvalue weighted by atomic mass is 10.0. The Kier molecular flexibility index (Phi) is 5.48. The number of alkyl carbamates (subject to hydrolysis) is 1. The Morgan fingerprint density at radius 1 is 1.29 bits per heavy atom. The van der Waals surface area contributed by atoms with Crippen molar-refractivity contribution in [2.75, 3.05) is 26.2 Å². The highest BCUT2D eigenvalue weighted by Gasteiger charge is 2.44. The van der Waals surface area contributed by atoms with Crippen molar-refractivity contribution < 1.29 is 49.0 Å². The van der Waals surface area contributed by atoms with Crippen LogP contribution in [0.1, 0.15) is 47.7 Å². The molecule has 0 bridgehead atoms. The Balaban J connectivity index is 1.77. The minimum Gasteiger partial charge on any atom is -0.443 e. The number of nitrogens with zero attached hydrogens (tertiary/aromatic N) is 1. The molecule has 0 aliphatic carbocycles. The Labute approximate surface area is 242 Å². The number of rotatable bonds is 11. The SMILES string of the molecule is [2H]C([2H])([2H])C([2H])(C([2H])([2H])[2H])C([2H])([2H])N(C[C@@H](O)[C@H](Cc1ccccc1)NC(=O)O[C@]1([2H])[C@@H]2CCO[C@@H]2OC1([2H])[2H])S(=O)(=O)c1ccc(C)cc1. The third-order valence-electron chi connectivity index (χ3n) is 6.12. The summed E-state index contributed by atoms with van der Waals surface area (Å²) in [6, 6.07) is 11.2. The molecule has 2 aliphatic rings. The number of aliphatic hydroxyl groups is 1. The molecule has 0 radical (unpaired) electrons. The van der Waals surface area contributed by atoms with Gasteiger partial charge in [-0.05, 0) is 43.4 Å². The zero-order chi connectivity index (χ0) is 37.7. The predicted octanol–water partition coefficient (Wildman–Crippen LogP) is 3.10. The number of aryl methyl sites for hydroxylation is 1. The average molecular weight is 559 g/mol. The van der Waals surface area contributed by atoms with Gasteiger partial charge in [0.2, 0.25) is 10.0 Å². The molecule has 2 saturated heterocycles. The largest absolute Gasteiger partial charge is 0.443 e. The van der Waals surface area contributed by atoms with Crippen LogP contribution in [-0.4, -0.2) is 74.6 Å². The molecule has 38 heavy (non-hydrogen) atoms. The van der Waals surface area contributed by atoms with E-state index in [4.69, 9.17) is 30.7 Å². The highest BCUT2D eigenvalue weighted by Crippen LogP contribution is 2.33. The number of sulfonamides is 1. The number of amides is 1. The van der Waals surface area contributed by atoms with Crippen molar-refractivity contribution in [3.63, 3.8) is 0 Å². The average Bonchev–Trinajstić information content (AvgIpc) is 3.52. The number of fused-ring (bicyclic) bond motifs is 1. The van der Waals surface area contributed by atoms with E-state index < -0.39 is 90.6 Å². The van der Waals surface area contributed by atoms with Crippen molar-refractivity contribution in [3.05, 3.63) is 65.7 Å². The second-order valence-corrected chi connectivity index (χ2v) is 10.8. The molecule has 2 fully saturated rings. The van der Waals surface area contributed by atoms with E-state index in [0.29, 0.717) is 11.1 Å². The van der Waals surface area contributed by atoms with E-state index >= 15 is 0 Å². The number of nitrogens with one attached hydrogen (secondary N) is 1. The summed E-state index contributed by atoms with van der Waals surface area (Å²) in [4.78, 5) is 12.7. The van der Waals surface area contributed by atoms with Crippen LogP contribution < -0.4 is 5.32 Å². The van der Waals surface area contributed by atoms with Gasteiger partial charge in [0.1, 0.15) is 6.08 Å². The van der Waals surface area contributed by atoms with Crippen LogP contribution >= 0.6 is 0 Å². The topological polar surface area (TPSA) is 114 Å². The van der Waals surface area contributed by atoms with Crippen LogP contribution in [0.25, 0.3) is 0 Å². The Morgan fingerprint density at radius 2 is 2.03 bits per heavy atom. The first-order chi connectivity index (χ1) is 22.8. The van der Waals surface area contributed by atoms with E-state index in [1.54, 1.807) is 37.3 Å². The van der Waals surface area contributed by atoms with Gasteiger partial charge in [-0.25, -0.2) is 13.2 Å². The summed E-state index contributed by atoms with van der Waals surface area (Å²) >= 11 is 0. The van der Waals surface area contributed by atoms with Crippen molar-refractivity contribution >= 4 is 16.1 Å². The van der Waals surface area contributed by atoms with Crippen LogP contribution in [0, 0.1) is 18.7 Å². The summed E-state index contributed by atoms with van der Waals surface area (Å²) in [5.41, 5.74) is 1.03. The number of hydrogen-bond donors (Lipinski definition) is 2. The maximum Gasteiger partial charge on any atom is 0.407 e. The zero-order valence-corrected chi connectivity index (χ0v) is 21.4. The molecule has 1 amide bonds. The Morgan fingerprint density at radius 3 is 2.74 bits per heavy atom. The maximum absolute atomic E-state index is 14.1. The second-order valence-electron chi connectivity index (χ2n) is 8.95. The van der Waals surface area contributed by atoms with Gasteiger partial charge >= 0.3 is 6.09 Å². The monoisotopic (exact) mass is 558 g/mol. The molecule has 0 saturated carbocycles. The van der Waals surface area contributed by atoms with Gasteiger partial charge in [-0.15, -0.1) is 0 Å². The summed E-state index contributed by atoms with van der Waals surface area (Å²) in [5.74, 6) is -5.13. The molecular formula is C28H38N2O7S. The number of aliphatic hydroxyl groups excluding tert-OH is 1. The van der Waals surface area contributed by atoms with E-state index in [9.17, 15) is 18.3 Å². The summed E-state index contributed by atoms with van der Waals surface area (Å²) in [6.45, 7) is -14.4. The van der Waals surface area contributed by atoms with Crippen LogP contribution in [0.2, 0.25) is 0 Å². The first-order valence-electron chi connectivity index (χ1n) is 17.9. The fourth-order valence-corrected chi connectivity index (χ4v) is 5.41. The molecule has 208 valence electrons. The molecule has 0 spiro atoms. The molecule has 2 aliphatic heterocycles. The highest BCUT2D eigenvalue weighted by molar-refractivity contribution is 7.89. The van der Waals surface area contributed by atoms with Gasteiger partial charge in [0, 0.05) is 25.4 Å². The van der Waals surface area contributed by atoms with Crippen LogP contribution in [0.3, 0.4) is 0 Å². The summed E-state index contributed by atoms with van der Waals surface area (Å²) < 4.78 is 142. The molecule has 10 heteroatoms. The van der Waals surface area contributed by atoms with Crippen LogP contribution in [0.15, 0.2) is 59.5 Å². The van der Waals surface area contributed by atoms with Crippen molar-refractivity contribution in [2.24, 2.45) is 11.8 Å². The predicted molar refractivity (Wildman–Crippen MR) is 142 cm³/mol. The molecule has 0 aromatic heterocycles. The van der Waals surface area contributed by atoms with Gasteiger partial charge in [-0.1, -0.05) is 61.7 Å². The Hall–Kier alpha value is -2.50. The molecule has 2 N–H and O–H groups in total. The summed E-state index contributed by atoms with van der Waals surface area (Å²) in [7, 11) is -5.24. The van der Waals surface area contributed by atoms with Gasteiger partial charge in [0.15, 0.2) is 6.29 Å². The Bertz CT molecular complexity index is 1610. The normalized spacial score (nSPS) is 32.1. The first-order valence-corrected chi connectivity index (χ1v) is 13.3. The van der Waals surface area contributed by atoms with E-state index in [-0.39, 0.29) is 23.8 Å². The van der Waals surface area contributed by atoms with Gasteiger partial charge in [0.25, 0.3) is 0 Å². The highest BCUT2D eigenvalue weighted by atomic mass is 32.2. The summed E-state index contributed by atoms with van der Waals surface area (Å²) in [5, 5.41) is 13.9. The summed E-state index contributed by atoms with van der Waals surface area (Å²) in [6.07, 6.45) is -7.59. The van der Waals surface area contributed by atoms with E-state index in [2.05, 4.69) is 5.32 Å². The number of ether oxygens (including phenoxy) is 3. The minimum atomic E-state index is -5.24. The molecule has 2 aromatic carbocycles. The van der Waals surface area contributed by atoms with Crippen molar-refractivity contribution in [1.82, 2.24) is 9.62 Å². The number of benzene rings is 2.